The Morgan fingerprint density at radius 3 is 1.11 bits per heavy atom. The fourth-order valence-corrected chi connectivity index (χ4v) is 7.64. The molecule has 0 N–H and O–H groups in total. The quantitative estimate of drug-likeness (QED) is 0.154. The molecule has 10 rings (SSSR count). The van der Waals surface area contributed by atoms with Gasteiger partial charge in [-0.05, 0) is 127 Å². The van der Waals surface area contributed by atoms with E-state index in [0.29, 0.717) is 0 Å². The van der Waals surface area contributed by atoms with Crippen molar-refractivity contribution in [3.63, 3.8) is 0 Å². The van der Waals surface area contributed by atoms with Gasteiger partial charge in [0, 0.05) is 83.0 Å². The summed E-state index contributed by atoms with van der Waals surface area (Å²) in [4.78, 5) is 17.9. The van der Waals surface area contributed by atoms with Gasteiger partial charge in [0.25, 0.3) is 0 Å². The minimum atomic E-state index is 1.04. The number of rotatable bonds is 7. The molecule has 0 unspecified atom stereocenters. The van der Waals surface area contributed by atoms with Crippen LogP contribution in [-0.2, 0) is 0 Å². The van der Waals surface area contributed by atoms with E-state index in [4.69, 9.17) is 0 Å². The molecule has 0 aliphatic heterocycles. The third-order valence-corrected chi connectivity index (χ3v) is 10.5. The van der Waals surface area contributed by atoms with Gasteiger partial charge in [0.2, 0.25) is 0 Å². The number of pyridine rings is 4. The molecule has 10 aromatic rings. The minimum absolute atomic E-state index is 1.04. The molecule has 0 radical (unpaired) electrons. The summed E-state index contributed by atoms with van der Waals surface area (Å²) in [5, 5.41) is 4.98. The molecule has 0 aliphatic rings. The first-order valence-electron chi connectivity index (χ1n) is 18.7. The van der Waals surface area contributed by atoms with E-state index < -0.39 is 0 Å². The topological polar surface area (TPSA) is 51.6 Å². The first-order valence-corrected chi connectivity index (χ1v) is 18.7. The van der Waals surface area contributed by atoms with Gasteiger partial charge in [-0.15, -0.1) is 0 Å². The van der Waals surface area contributed by atoms with Gasteiger partial charge in [-0.3, -0.25) is 19.9 Å². The molecule has 0 spiro atoms. The van der Waals surface area contributed by atoms with Crippen molar-refractivity contribution in [2.24, 2.45) is 0 Å². The lowest BCUT2D eigenvalue weighted by atomic mass is 9.90. The number of aromatic nitrogens is 4. The molecule has 0 aliphatic carbocycles. The predicted octanol–water partition coefficient (Wildman–Crippen LogP) is 13.2. The fourth-order valence-electron chi connectivity index (χ4n) is 7.64. The second-order valence-electron chi connectivity index (χ2n) is 14.1. The van der Waals surface area contributed by atoms with Gasteiger partial charge < -0.3 is 0 Å². The van der Waals surface area contributed by atoms with Crippen molar-refractivity contribution in [3.05, 3.63) is 207 Å². The third-order valence-electron chi connectivity index (χ3n) is 10.5. The van der Waals surface area contributed by atoms with Crippen molar-refractivity contribution in [3.8, 4) is 77.9 Å². The molecular formula is C52H34N4. The van der Waals surface area contributed by atoms with Crippen LogP contribution in [0.3, 0.4) is 0 Å². The molecule has 0 amide bonds. The van der Waals surface area contributed by atoms with Crippen molar-refractivity contribution in [2.75, 3.05) is 0 Å². The molecule has 56 heavy (non-hydrogen) atoms. The van der Waals surface area contributed by atoms with Crippen LogP contribution in [0.25, 0.3) is 99.4 Å². The number of nitrogens with zero attached hydrogens (tertiary/aromatic N) is 4. The molecule has 0 saturated carbocycles. The molecule has 4 nitrogen and oxygen atoms in total. The molecule has 0 saturated heterocycles. The lowest BCUT2D eigenvalue weighted by Crippen LogP contribution is -1.89. The van der Waals surface area contributed by atoms with Crippen LogP contribution in [0.4, 0.5) is 0 Å². The first-order chi connectivity index (χ1) is 27.7. The zero-order chi connectivity index (χ0) is 37.3. The maximum absolute atomic E-state index is 4.61. The van der Waals surface area contributed by atoms with Crippen molar-refractivity contribution in [1.29, 1.82) is 0 Å². The third kappa shape index (κ3) is 6.50. The van der Waals surface area contributed by atoms with Crippen LogP contribution >= 0.6 is 0 Å². The molecule has 0 fully saturated rings. The predicted molar refractivity (Wildman–Crippen MR) is 231 cm³/mol. The van der Waals surface area contributed by atoms with Crippen LogP contribution in [0.1, 0.15) is 0 Å². The Morgan fingerprint density at radius 2 is 0.589 bits per heavy atom. The van der Waals surface area contributed by atoms with Crippen LogP contribution in [-0.4, -0.2) is 19.9 Å². The molecule has 0 bridgehead atoms. The Bertz CT molecular complexity index is 2880. The Labute approximate surface area is 325 Å². The molecule has 4 aromatic heterocycles. The Morgan fingerprint density at radius 1 is 0.214 bits per heavy atom. The smallest absolute Gasteiger partial charge is 0.0347 e. The number of hydrogen-bond acceptors (Lipinski definition) is 4. The van der Waals surface area contributed by atoms with Gasteiger partial charge in [0.1, 0.15) is 0 Å². The van der Waals surface area contributed by atoms with Crippen LogP contribution in [0.15, 0.2) is 207 Å². The maximum atomic E-state index is 4.61. The summed E-state index contributed by atoms with van der Waals surface area (Å²) < 4.78 is 0. The molecule has 4 heteroatoms. The highest BCUT2D eigenvalue weighted by molar-refractivity contribution is 6.08. The van der Waals surface area contributed by atoms with Crippen molar-refractivity contribution >= 4 is 21.5 Å². The van der Waals surface area contributed by atoms with Crippen molar-refractivity contribution in [1.82, 2.24) is 19.9 Å². The molecule has 262 valence electrons. The van der Waals surface area contributed by atoms with E-state index in [1.807, 2.05) is 49.3 Å². The SMILES string of the molecule is c1cncc(-c2cncc(-c3cccc(-c4cc(-c5cccc(-c6cncc(-c7cccnc7)c6)c5)cc(-c5ccc6ccc7ccccc7c6c5)c4)c3)c2)c1. The minimum Gasteiger partial charge on any atom is -0.264 e. The zero-order valence-electron chi connectivity index (χ0n) is 30.4. The van der Waals surface area contributed by atoms with Crippen LogP contribution in [0.2, 0.25) is 0 Å². The number of benzene rings is 6. The molecule has 6 aromatic carbocycles. The molecule has 0 atom stereocenters. The highest BCUT2D eigenvalue weighted by Gasteiger charge is 2.12. The summed E-state index contributed by atoms with van der Waals surface area (Å²) in [6.07, 6.45) is 15.0. The maximum Gasteiger partial charge on any atom is 0.0347 e. The lowest BCUT2D eigenvalue weighted by molar-refractivity contribution is 1.30. The highest BCUT2D eigenvalue weighted by Crippen LogP contribution is 2.38. The summed E-state index contributed by atoms with van der Waals surface area (Å²) in [5.74, 6) is 0. The average Bonchev–Trinajstić information content (AvgIpc) is 3.29. The second-order valence-corrected chi connectivity index (χ2v) is 14.1. The van der Waals surface area contributed by atoms with E-state index >= 15 is 0 Å². The Kier molecular flexibility index (Phi) is 8.47. The zero-order valence-corrected chi connectivity index (χ0v) is 30.4. The standard InChI is InChI=1S/C52H34N4/c1-2-14-51-35(7-1)15-16-36-17-18-41(28-52(36)51)46-24-44(37-8-3-10-39(21-37)47-26-49(33-55-31-47)42-12-5-19-53-29-42)23-45(25-46)38-9-4-11-40(22-38)48-27-50(34-56-32-48)43-13-6-20-54-30-43/h1-34H. The summed E-state index contributed by atoms with van der Waals surface area (Å²) in [7, 11) is 0. The molecular weight excluding hydrogens is 681 g/mol. The van der Waals surface area contributed by atoms with E-state index in [9.17, 15) is 0 Å². The number of hydrogen-bond donors (Lipinski definition) is 0. The van der Waals surface area contributed by atoms with E-state index in [0.717, 1.165) is 72.3 Å². The Balaban J connectivity index is 1.11. The largest absolute Gasteiger partial charge is 0.264 e. The van der Waals surface area contributed by atoms with Gasteiger partial charge >= 0.3 is 0 Å². The van der Waals surface area contributed by atoms with E-state index in [2.05, 4.69) is 166 Å². The lowest BCUT2D eigenvalue weighted by Gasteiger charge is -2.14. The first kappa shape index (κ1) is 33.0. The van der Waals surface area contributed by atoms with Gasteiger partial charge in [0.05, 0.1) is 0 Å². The van der Waals surface area contributed by atoms with Crippen molar-refractivity contribution in [2.45, 2.75) is 0 Å². The fraction of sp³-hybridized carbons (Fsp3) is 0. The van der Waals surface area contributed by atoms with Gasteiger partial charge in [0.15, 0.2) is 0 Å². The average molecular weight is 715 g/mol. The van der Waals surface area contributed by atoms with Gasteiger partial charge in [-0.1, -0.05) is 97.1 Å². The monoisotopic (exact) mass is 714 g/mol. The molecule has 4 heterocycles. The van der Waals surface area contributed by atoms with Gasteiger partial charge in [-0.25, -0.2) is 0 Å². The normalized spacial score (nSPS) is 11.2. The summed E-state index contributed by atoms with van der Waals surface area (Å²) in [5.41, 5.74) is 15.4. The summed E-state index contributed by atoms with van der Waals surface area (Å²) in [6.45, 7) is 0. The van der Waals surface area contributed by atoms with E-state index in [-0.39, 0.29) is 0 Å². The summed E-state index contributed by atoms with van der Waals surface area (Å²) >= 11 is 0. The van der Waals surface area contributed by atoms with Crippen LogP contribution in [0, 0.1) is 0 Å². The van der Waals surface area contributed by atoms with E-state index in [1.54, 1.807) is 12.4 Å². The Hall–Kier alpha value is -7.56. The van der Waals surface area contributed by atoms with E-state index in [1.165, 1.54) is 27.1 Å². The van der Waals surface area contributed by atoms with Crippen LogP contribution in [0.5, 0.6) is 0 Å². The second kappa shape index (κ2) is 14.3. The van der Waals surface area contributed by atoms with Crippen LogP contribution < -0.4 is 0 Å². The van der Waals surface area contributed by atoms with Gasteiger partial charge in [-0.2, -0.15) is 0 Å². The van der Waals surface area contributed by atoms with Crippen molar-refractivity contribution < 1.29 is 0 Å². The summed E-state index contributed by atoms with van der Waals surface area (Å²) in [6, 6.07) is 56.8. The number of fused-ring (bicyclic) bond motifs is 3. The highest BCUT2D eigenvalue weighted by atomic mass is 14.6.